The van der Waals surface area contributed by atoms with Crippen LogP contribution in [0.5, 0.6) is 5.75 Å². The molecule has 0 aliphatic rings. The van der Waals surface area contributed by atoms with Crippen molar-refractivity contribution in [3.05, 3.63) is 18.3 Å². The van der Waals surface area contributed by atoms with E-state index in [0.29, 0.717) is 18.0 Å². The zero-order chi connectivity index (χ0) is 9.68. The summed E-state index contributed by atoms with van der Waals surface area (Å²) in [5.41, 5.74) is 0. The van der Waals surface area contributed by atoms with E-state index in [-0.39, 0.29) is 6.10 Å². The minimum atomic E-state index is 0.131. The van der Waals surface area contributed by atoms with Crippen LogP contribution in [0.4, 0.5) is 5.82 Å². The van der Waals surface area contributed by atoms with E-state index in [1.165, 1.54) is 0 Å². The molecule has 4 nitrogen and oxygen atoms in total. The number of carbonyl (C=O) groups is 1. The van der Waals surface area contributed by atoms with Crippen LogP contribution in [-0.4, -0.2) is 17.5 Å². The smallest absolute Gasteiger partial charge is 0.212 e. The first-order valence-corrected chi connectivity index (χ1v) is 4.05. The van der Waals surface area contributed by atoms with Gasteiger partial charge in [0.2, 0.25) is 6.41 Å². The Labute approximate surface area is 76.9 Å². The van der Waals surface area contributed by atoms with Crippen molar-refractivity contribution >= 4 is 12.2 Å². The van der Waals surface area contributed by atoms with Crippen LogP contribution in [0.15, 0.2) is 18.3 Å². The van der Waals surface area contributed by atoms with Crippen molar-refractivity contribution in [1.82, 2.24) is 4.98 Å². The number of hydrogen-bond donors (Lipinski definition) is 1. The third kappa shape index (κ3) is 3.11. The van der Waals surface area contributed by atoms with Crippen molar-refractivity contribution in [2.75, 3.05) is 5.32 Å². The third-order valence-corrected chi connectivity index (χ3v) is 1.31. The molecule has 4 heteroatoms. The molecule has 0 saturated carbocycles. The summed E-state index contributed by atoms with van der Waals surface area (Å²) in [4.78, 5) is 14.0. The largest absolute Gasteiger partial charge is 0.489 e. The van der Waals surface area contributed by atoms with Crippen LogP contribution in [0.25, 0.3) is 0 Å². The highest BCUT2D eigenvalue weighted by atomic mass is 16.5. The van der Waals surface area contributed by atoms with Crippen LogP contribution < -0.4 is 10.1 Å². The molecule has 1 heterocycles. The van der Waals surface area contributed by atoms with Gasteiger partial charge in [-0.25, -0.2) is 4.98 Å². The van der Waals surface area contributed by atoms with Gasteiger partial charge in [0, 0.05) is 0 Å². The summed E-state index contributed by atoms with van der Waals surface area (Å²) in [6.45, 7) is 3.88. The molecule has 0 saturated heterocycles. The maximum atomic E-state index is 10.1. The summed E-state index contributed by atoms with van der Waals surface area (Å²) in [5.74, 6) is 1.22. The van der Waals surface area contributed by atoms with Crippen molar-refractivity contribution in [2.24, 2.45) is 0 Å². The van der Waals surface area contributed by atoms with E-state index in [4.69, 9.17) is 4.74 Å². The number of pyridine rings is 1. The molecular formula is C9H12N2O2. The fraction of sp³-hybridized carbons (Fsp3) is 0.333. The highest BCUT2D eigenvalue weighted by Crippen LogP contribution is 2.12. The van der Waals surface area contributed by atoms with Crippen LogP contribution in [0.2, 0.25) is 0 Å². The standard InChI is InChI=1S/C9H12N2O2/c1-7(2)13-8-3-4-9(10-5-8)11-6-12/h3-7H,1-2H3,(H,10,11,12). The van der Waals surface area contributed by atoms with Crippen LogP contribution >= 0.6 is 0 Å². The van der Waals surface area contributed by atoms with E-state index < -0.39 is 0 Å². The monoisotopic (exact) mass is 180 g/mol. The van der Waals surface area contributed by atoms with Gasteiger partial charge in [-0.05, 0) is 26.0 Å². The Morgan fingerprint density at radius 1 is 1.54 bits per heavy atom. The molecule has 70 valence electrons. The number of nitrogens with one attached hydrogen (secondary N) is 1. The van der Waals surface area contributed by atoms with Gasteiger partial charge in [0.05, 0.1) is 12.3 Å². The van der Waals surface area contributed by atoms with E-state index in [0.717, 1.165) is 0 Å². The molecule has 0 spiro atoms. The van der Waals surface area contributed by atoms with Gasteiger partial charge < -0.3 is 10.1 Å². The Morgan fingerprint density at radius 2 is 2.31 bits per heavy atom. The number of ether oxygens (including phenoxy) is 1. The van der Waals surface area contributed by atoms with Gasteiger partial charge in [0.25, 0.3) is 0 Å². The summed E-state index contributed by atoms with van der Waals surface area (Å²) in [7, 11) is 0. The van der Waals surface area contributed by atoms with E-state index >= 15 is 0 Å². The molecule has 0 aliphatic carbocycles. The number of amides is 1. The Bertz CT molecular complexity index is 269. The first kappa shape index (κ1) is 9.51. The van der Waals surface area contributed by atoms with Crippen LogP contribution in [0, 0.1) is 0 Å². The maximum Gasteiger partial charge on any atom is 0.212 e. The number of rotatable bonds is 4. The van der Waals surface area contributed by atoms with Gasteiger partial charge in [-0.1, -0.05) is 0 Å². The molecule has 0 unspecified atom stereocenters. The van der Waals surface area contributed by atoms with Crippen LogP contribution in [0.1, 0.15) is 13.8 Å². The number of carbonyl (C=O) groups excluding carboxylic acids is 1. The molecule has 13 heavy (non-hydrogen) atoms. The van der Waals surface area contributed by atoms with E-state index in [9.17, 15) is 4.79 Å². The Kier molecular flexibility index (Phi) is 3.25. The molecular weight excluding hydrogens is 168 g/mol. The van der Waals surface area contributed by atoms with Gasteiger partial charge in [-0.15, -0.1) is 0 Å². The molecule has 0 atom stereocenters. The SMILES string of the molecule is CC(C)Oc1ccc(NC=O)nc1. The highest BCUT2D eigenvalue weighted by Gasteiger charge is 1.97. The highest BCUT2D eigenvalue weighted by molar-refractivity contribution is 5.68. The van der Waals surface area contributed by atoms with Crippen molar-refractivity contribution in [3.8, 4) is 5.75 Å². The number of anilines is 1. The molecule has 1 N–H and O–H groups in total. The summed E-state index contributed by atoms with van der Waals surface area (Å²) in [6.07, 6.45) is 2.30. The van der Waals surface area contributed by atoms with Gasteiger partial charge in [0.15, 0.2) is 0 Å². The Balaban J connectivity index is 2.63. The maximum absolute atomic E-state index is 10.1. The zero-order valence-corrected chi connectivity index (χ0v) is 7.65. The van der Waals surface area contributed by atoms with Crippen LogP contribution in [0.3, 0.4) is 0 Å². The fourth-order valence-electron chi connectivity index (χ4n) is 0.868. The summed E-state index contributed by atoms with van der Waals surface area (Å²) in [5, 5.41) is 2.44. The summed E-state index contributed by atoms with van der Waals surface area (Å²) < 4.78 is 5.37. The minimum absolute atomic E-state index is 0.131. The lowest BCUT2D eigenvalue weighted by Gasteiger charge is -2.08. The summed E-state index contributed by atoms with van der Waals surface area (Å²) in [6, 6.07) is 3.45. The van der Waals surface area contributed by atoms with E-state index in [1.54, 1.807) is 18.3 Å². The van der Waals surface area contributed by atoms with Crippen molar-refractivity contribution in [2.45, 2.75) is 20.0 Å². The summed E-state index contributed by atoms with van der Waals surface area (Å²) >= 11 is 0. The second kappa shape index (κ2) is 4.45. The van der Waals surface area contributed by atoms with E-state index in [2.05, 4.69) is 10.3 Å². The van der Waals surface area contributed by atoms with E-state index in [1.807, 2.05) is 13.8 Å². The molecule has 1 aromatic heterocycles. The van der Waals surface area contributed by atoms with Crippen LogP contribution in [-0.2, 0) is 4.79 Å². The molecule has 1 aromatic rings. The Hall–Kier alpha value is -1.58. The molecule has 1 amide bonds. The first-order chi connectivity index (χ1) is 6.22. The molecule has 0 aromatic carbocycles. The van der Waals surface area contributed by atoms with Crippen molar-refractivity contribution in [1.29, 1.82) is 0 Å². The average Bonchev–Trinajstić information content (AvgIpc) is 2.08. The normalized spacial score (nSPS) is 9.77. The third-order valence-electron chi connectivity index (χ3n) is 1.31. The molecule has 0 aliphatic heterocycles. The number of nitrogens with zero attached hydrogens (tertiary/aromatic N) is 1. The quantitative estimate of drug-likeness (QED) is 0.713. The second-order valence-corrected chi connectivity index (χ2v) is 2.81. The predicted octanol–water partition coefficient (Wildman–Crippen LogP) is 1.44. The fourth-order valence-corrected chi connectivity index (χ4v) is 0.868. The number of aromatic nitrogens is 1. The average molecular weight is 180 g/mol. The second-order valence-electron chi connectivity index (χ2n) is 2.81. The molecule has 0 fully saturated rings. The predicted molar refractivity (Wildman–Crippen MR) is 49.7 cm³/mol. The van der Waals surface area contributed by atoms with Gasteiger partial charge in [0.1, 0.15) is 11.6 Å². The lowest BCUT2D eigenvalue weighted by atomic mass is 10.4. The van der Waals surface area contributed by atoms with Gasteiger partial charge >= 0.3 is 0 Å². The minimum Gasteiger partial charge on any atom is -0.489 e. The van der Waals surface area contributed by atoms with Crippen molar-refractivity contribution < 1.29 is 9.53 Å². The van der Waals surface area contributed by atoms with Gasteiger partial charge in [-0.3, -0.25) is 4.79 Å². The molecule has 0 radical (unpaired) electrons. The first-order valence-electron chi connectivity index (χ1n) is 4.05. The molecule has 0 bridgehead atoms. The molecule has 1 rings (SSSR count). The van der Waals surface area contributed by atoms with Gasteiger partial charge in [-0.2, -0.15) is 0 Å². The lowest BCUT2D eigenvalue weighted by molar-refractivity contribution is -0.105. The van der Waals surface area contributed by atoms with Crippen molar-refractivity contribution in [3.63, 3.8) is 0 Å². The number of hydrogen-bond acceptors (Lipinski definition) is 3. The lowest BCUT2D eigenvalue weighted by Crippen LogP contribution is -2.06. The Morgan fingerprint density at radius 3 is 2.77 bits per heavy atom. The zero-order valence-electron chi connectivity index (χ0n) is 7.65. The topological polar surface area (TPSA) is 51.2 Å².